The van der Waals surface area contributed by atoms with E-state index < -0.39 is 5.97 Å². The van der Waals surface area contributed by atoms with Gasteiger partial charge in [-0.2, -0.15) is 0 Å². The number of amides is 1. The van der Waals surface area contributed by atoms with Crippen LogP contribution in [0.3, 0.4) is 0 Å². The second kappa shape index (κ2) is 6.91. The van der Waals surface area contributed by atoms with E-state index in [-0.39, 0.29) is 18.4 Å². The second-order valence-electron chi connectivity index (χ2n) is 5.49. The molecule has 24 heavy (non-hydrogen) atoms. The van der Waals surface area contributed by atoms with Gasteiger partial charge in [0.1, 0.15) is 17.2 Å². The number of carboxylic acids is 1. The molecule has 0 fully saturated rings. The summed E-state index contributed by atoms with van der Waals surface area (Å²) in [4.78, 5) is 28.4. The Morgan fingerprint density at radius 2 is 2.33 bits per heavy atom. The zero-order chi connectivity index (χ0) is 17.1. The number of likely N-dealkylation sites (N-methyl/N-ethyl adjacent to an activating group) is 1. The number of hydrogen-bond acceptors (Lipinski definition) is 6. The van der Waals surface area contributed by atoms with Crippen LogP contribution in [0.15, 0.2) is 6.20 Å². The molecule has 0 saturated carbocycles. The summed E-state index contributed by atoms with van der Waals surface area (Å²) < 4.78 is 1.26. The lowest BCUT2D eigenvalue weighted by atomic mass is 9.90. The number of carbonyl (C=O) groups is 2. The minimum atomic E-state index is -0.969. The van der Waals surface area contributed by atoms with Crippen molar-refractivity contribution >= 4 is 35.4 Å². The number of aromatic nitrogens is 4. The molecule has 2 heterocycles. The first-order chi connectivity index (χ1) is 11.6. The van der Waals surface area contributed by atoms with Gasteiger partial charge in [-0.15, -0.1) is 16.4 Å². The maximum atomic E-state index is 12.0. The molecule has 2 N–H and O–H groups in total. The van der Waals surface area contributed by atoms with Crippen molar-refractivity contribution in [2.45, 2.75) is 31.7 Å². The third-order valence-corrected chi connectivity index (χ3v) is 4.88. The minimum absolute atomic E-state index is 0.00777. The van der Waals surface area contributed by atoms with Gasteiger partial charge in [0, 0.05) is 11.9 Å². The van der Waals surface area contributed by atoms with Crippen molar-refractivity contribution in [3.63, 3.8) is 0 Å². The van der Waals surface area contributed by atoms with E-state index in [1.807, 2.05) is 6.08 Å². The van der Waals surface area contributed by atoms with E-state index >= 15 is 0 Å². The Morgan fingerprint density at radius 3 is 3.08 bits per heavy atom. The summed E-state index contributed by atoms with van der Waals surface area (Å²) >= 11 is 1.58. The van der Waals surface area contributed by atoms with E-state index in [4.69, 9.17) is 5.11 Å². The fraction of sp³-hybridized carbons (Fsp3) is 0.400. The Balaban J connectivity index is 1.76. The van der Waals surface area contributed by atoms with Crippen molar-refractivity contribution < 1.29 is 14.7 Å². The maximum absolute atomic E-state index is 12.0. The molecule has 0 spiro atoms. The SMILES string of the molecule is CNC(=O)C1CCCc2sc(/C=C/c3cn(CC(=O)O)nn3)nc21. The smallest absolute Gasteiger partial charge is 0.325 e. The number of nitrogens with zero attached hydrogens (tertiary/aromatic N) is 4. The zero-order valence-electron chi connectivity index (χ0n) is 13.1. The van der Waals surface area contributed by atoms with E-state index in [1.54, 1.807) is 30.7 Å². The van der Waals surface area contributed by atoms with Crippen molar-refractivity contribution in [2.75, 3.05) is 7.05 Å². The summed E-state index contributed by atoms with van der Waals surface area (Å²) in [6.45, 7) is -0.222. The summed E-state index contributed by atoms with van der Waals surface area (Å²) in [5, 5.41) is 19.9. The summed E-state index contributed by atoms with van der Waals surface area (Å²) in [6, 6.07) is 0. The van der Waals surface area contributed by atoms with Crippen molar-refractivity contribution in [3.8, 4) is 0 Å². The molecule has 0 radical (unpaired) electrons. The van der Waals surface area contributed by atoms with E-state index in [0.29, 0.717) is 5.69 Å². The van der Waals surface area contributed by atoms with E-state index in [2.05, 4.69) is 20.6 Å². The van der Waals surface area contributed by atoms with Crippen LogP contribution in [0.5, 0.6) is 0 Å². The molecule has 2 aromatic heterocycles. The molecule has 0 saturated heterocycles. The van der Waals surface area contributed by atoms with Crippen LogP contribution in [0.25, 0.3) is 12.2 Å². The molecule has 0 aromatic carbocycles. The highest BCUT2D eigenvalue weighted by Gasteiger charge is 2.29. The van der Waals surface area contributed by atoms with E-state index in [0.717, 1.165) is 34.8 Å². The third kappa shape index (κ3) is 3.51. The van der Waals surface area contributed by atoms with Gasteiger partial charge < -0.3 is 10.4 Å². The van der Waals surface area contributed by atoms with Gasteiger partial charge in [-0.25, -0.2) is 9.67 Å². The van der Waals surface area contributed by atoms with Crippen LogP contribution in [-0.4, -0.2) is 44.0 Å². The number of nitrogens with one attached hydrogen (secondary N) is 1. The molecule has 3 rings (SSSR count). The Labute approximate surface area is 142 Å². The number of rotatable bonds is 5. The maximum Gasteiger partial charge on any atom is 0.325 e. The first-order valence-corrected chi connectivity index (χ1v) is 8.39. The van der Waals surface area contributed by atoms with Gasteiger partial charge in [-0.05, 0) is 31.4 Å². The lowest BCUT2D eigenvalue weighted by Gasteiger charge is -2.19. The number of aliphatic carboxylic acids is 1. The largest absolute Gasteiger partial charge is 0.480 e. The molecular formula is C15H17N5O3S. The van der Waals surface area contributed by atoms with Crippen LogP contribution >= 0.6 is 11.3 Å². The number of aryl methyl sites for hydroxylation is 1. The first kappa shape index (κ1) is 16.3. The number of carbonyl (C=O) groups excluding carboxylic acids is 1. The molecule has 1 atom stereocenters. The van der Waals surface area contributed by atoms with Crippen molar-refractivity contribution in [1.29, 1.82) is 0 Å². The highest BCUT2D eigenvalue weighted by molar-refractivity contribution is 7.12. The molecular weight excluding hydrogens is 330 g/mol. The lowest BCUT2D eigenvalue weighted by Crippen LogP contribution is -2.28. The van der Waals surface area contributed by atoms with E-state index in [1.165, 1.54) is 4.68 Å². The van der Waals surface area contributed by atoms with Crippen LogP contribution in [0.2, 0.25) is 0 Å². The summed E-state index contributed by atoms with van der Waals surface area (Å²) in [5.41, 5.74) is 1.44. The summed E-state index contributed by atoms with van der Waals surface area (Å²) in [6.07, 6.45) is 7.88. The molecule has 8 nitrogen and oxygen atoms in total. The normalized spacial score (nSPS) is 17.0. The summed E-state index contributed by atoms with van der Waals surface area (Å²) in [5.74, 6) is -1.13. The number of thiazole rings is 1. The minimum Gasteiger partial charge on any atom is -0.480 e. The van der Waals surface area contributed by atoms with Gasteiger partial charge in [0.15, 0.2) is 0 Å². The number of hydrogen-bond donors (Lipinski definition) is 2. The molecule has 1 aliphatic carbocycles. The highest BCUT2D eigenvalue weighted by Crippen LogP contribution is 2.35. The molecule has 0 aliphatic heterocycles. The lowest BCUT2D eigenvalue weighted by molar-refractivity contribution is -0.138. The van der Waals surface area contributed by atoms with Gasteiger partial charge in [-0.1, -0.05) is 5.21 Å². The van der Waals surface area contributed by atoms with Crippen LogP contribution in [0.1, 0.15) is 40.0 Å². The molecule has 2 aromatic rings. The van der Waals surface area contributed by atoms with Crippen molar-refractivity contribution in [1.82, 2.24) is 25.3 Å². The predicted octanol–water partition coefficient (Wildman–Crippen LogP) is 1.16. The van der Waals surface area contributed by atoms with Crippen molar-refractivity contribution in [3.05, 3.63) is 27.5 Å². The molecule has 0 bridgehead atoms. The monoisotopic (exact) mass is 347 g/mol. The fourth-order valence-corrected chi connectivity index (χ4v) is 3.77. The Bertz CT molecular complexity index is 795. The Morgan fingerprint density at radius 1 is 1.50 bits per heavy atom. The van der Waals surface area contributed by atoms with E-state index in [9.17, 15) is 9.59 Å². The topological polar surface area (TPSA) is 110 Å². The number of fused-ring (bicyclic) bond motifs is 1. The van der Waals surface area contributed by atoms with Gasteiger partial charge in [0.2, 0.25) is 5.91 Å². The average molecular weight is 347 g/mol. The standard InChI is InChI=1S/C15H17N5O3S/c1-16-15(23)10-3-2-4-11-14(10)17-12(24-11)6-5-9-7-20(19-18-9)8-13(21)22/h5-7,10H,2-4,8H2,1H3,(H,16,23)(H,21,22)/b6-5+. The molecule has 9 heteroatoms. The zero-order valence-corrected chi connectivity index (χ0v) is 13.9. The first-order valence-electron chi connectivity index (χ1n) is 7.58. The van der Waals surface area contributed by atoms with Gasteiger partial charge in [0.25, 0.3) is 0 Å². The highest BCUT2D eigenvalue weighted by atomic mass is 32.1. The van der Waals surface area contributed by atoms with Crippen molar-refractivity contribution in [2.24, 2.45) is 0 Å². The Hall–Kier alpha value is -2.55. The van der Waals surface area contributed by atoms with Gasteiger partial charge >= 0.3 is 5.97 Å². The molecule has 1 unspecified atom stereocenters. The third-order valence-electron chi connectivity index (χ3n) is 3.78. The van der Waals surface area contributed by atoms with Gasteiger partial charge in [-0.3, -0.25) is 9.59 Å². The van der Waals surface area contributed by atoms with Gasteiger partial charge in [0.05, 0.1) is 17.8 Å². The van der Waals surface area contributed by atoms with Crippen LogP contribution in [0.4, 0.5) is 0 Å². The van der Waals surface area contributed by atoms with Crippen LogP contribution in [0, 0.1) is 0 Å². The Kier molecular flexibility index (Phi) is 4.70. The molecule has 126 valence electrons. The predicted molar refractivity (Wildman–Crippen MR) is 88.4 cm³/mol. The molecule has 1 amide bonds. The second-order valence-corrected chi connectivity index (χ2v) is 6.60. The average Bonchev–Trinajstić information content (AvgIpc) is 3.17. The van der Waals surface area contributed by atoms with Crippen LogP contribution in [-0.2, 0) is 22.6 Å². The summed E-state index contributed by atoms with van der Waals surface area (Å²) in [7, 11) is 1.64. The fourth-order valence-electron chi connectivity index (χ4n) is 2.70. The van der Waals surface area contributed by atoms with Crippen LogP contribution < -0.4 is 5.32 Å². The number of carboxylic acid groups (broad SMARTS) is 1. The quantitative estimate of drug-likeness (QED) is 0.840. The molecule has 1 aliphatic rings.